The molecule has 0 amide bonds. The first-order valence-corrected chi connectivity index (χ1v) is 6.88. The van der Waals surface area contributed by atoms with Crippen LogP contribution in [-0.4, -0.2) is 35.4 Å². The minimum absolute atomic E-state index is 0.206. The molecule has 1 aliphatic rings. The first-order chi connectivity index (χ1) is 8.66. The van der Waals surface area contributed by atoms with Gasteiger partial charge in [-0.2, -0.15) is 0 Å². The zero-order valence-corrected chi connectivity index (χ0v) is 11.1. The third-order valence-corrected chi connectivity index (χ3v) is 3.93. The fraction of sp³-hybridized carbons (Fsp3) is 0.600. The van der Waals surface area contributed by atoms with Gasteiger partial charge in [-0.15, -0.1) is 0 Å². The van der Waals surface area contributed by atoms with Gasteiger partial charge in [0, 0.05) is 0 Å². The molecule has 0 aliphatic carbocycles. The summed E-state index contributed by atoms with van der Waals surface area (Å²) in [7, 11) is 0. The number of likely N-dealkylation sites (tertiary alicyclic amines) is 1. The smallest absolute Gasteiger partial charge is 0.0836 e. The van der Waals surface area contributed by atoms with Crippen LogP contribution >= 0.6 is 0 Å². The molecule has 1 aromatic rings. The molecule has 1 aromatic carbocycles. The van der Waals surface area contributed by atoms with Crippen molar-refractivity contribution in [3.05, 3.63) is 35.9 Å². The number of hydrogen-bond acceptors (Lipinski definition) is 3. The first-order valence-electron chi connectivity index (χ1n) is 6.88. The van der Waals surface area contributed by atoms with E-state index in [0.717, 1.165) is 19.0 Å². The van der Waals surface area contributed by atoms with Crippen molar-refractivity contribution < 1.29 is 5.11 Å². The van der Waals surface area contributed by atoms with Crippen LogP contribution in [0.4, 0.5) is 0 Å². The van der Waals surface area contributed by atoms with Crippen molar-refractivity contribution in [3.8, 4) is 0 Å². The molecule has 0 aromatic heterocycles. The second-order valence-electron chi connectivity index (χ2n) is 5.40. The van der Waals surface area contributed by atoms with Gasteiger partial charge in [0.05, 0.1) is 12.3 Å². The Hall–Kier alpha value is -0.900. The van der Waals surface area contributed by atoms with Crippen molar-refractivity contribution in [3.63, 3.8) is 0 Å². The Kier molecular flexibility index (Phi) is 4.75. The third kappa shape index (κ3) is 3.55. The lowest BCUT2D eigenvalue weighted by Gasteiger charge is -2.37. The van der Waals surface area contributed by atoms with Gasteiger partial charge in [0.2, 0.25) is 0 Å². The Labute approximate surface area is 110 Å². The van der Waals surface area contributed by atoms with Crippen LogP contribution in [-0.2, 0) is 6.42 Å². The molecule has 1 heterocycles. The van der Waals surface area contributed by atoms with Crippen molar-refractivity contribution in [2.24, 2.45) is 11.7 Å². The maximum Gasteiger partial charge on any atom is 0.0836 e. The Morgan fingerprint density at radius 2 is 1.89 bits per heavy atom. The molecule has 0 saturated carbocycles. The zero-order valence-electron chi connectivity index (χ0n) is 11.1. The lowest BCUT2D eigenvalue weighted by atomic mass is 9.90. The molecule has 0 spiro atoms. The summed E-state index contributed by atoms with van der Waals surface area (Å²) in [4.78, 5) is 2.20. The molecule has 0 radical (unpaired) electrons. The second-order valence-corrected chi connectivity index (χ2v) is 5.40. The van der Waals surface area contributed by atoms with Crippen molar-refractivity contribution in [2.45, 2.75) is 38.5 Å². The summed E-state index contributed by atoms with van der Waals surface area (Å²) in [6.45, 7) is 3.77. The molecular weight excluding hydrogens is 224 g/mol. The van der Waals surface area contributed by atoms with Gasteiger partial charge in [-0.3, -0.25) is 4.90 Å². The number of aliphatic hydroxyl groups excluding tert-OH is 1. The average Bonchev–Trinajstić information content (AvgIpc) is 2.40. The molecule has 0 bridgehead atoms. The van der Waals surface area contributed by atoms with E-state index in [-0.39, 0.29) is 6.17 Å². The Morgan fingerprint density at radius 1 is 1.28 bits per heavy atom. The van der Waals surface area contributed by atoms with Crippen LogP contribution in [0.3, 0.4) is 0 Å². The highest BCUT2D eigenvalue weighted by molar-refractivity contribution is 5.15. The summed E-state index contributed by atoms with van der Waals surface area (Å²) in [5.74, 6) is 0.754. The summed E-state index contributed by atoms with van der Waals surface area (Å²) in [6.07, 6.45) is 2.86. The lowest BCUT2D eigenvalue weighted by Crippen LogP contribution is -2.52. The zero-order chi connectivity index (χ0) is 13.0. The fourth-order valence-electron chi connectivity index (χ4n) is 2.71. The molecule has 3 heteroatoms. The molecule has 100 valence electrons. The lowest BCUT2D eigenvalue weighted by molar-refractivity contribution is 0.0419. The van der Waals surface area contributed by atoms with Crippen LogP contribution in [0.25, 0.3) is 0 Å². The first kappa shape index (κ1) is 13.5. The minimum atomic E-state index is -0.448. The van der Waals surface area contributed by atoms with Crippen LogP contribution in [0.15, 0.2) is 30.3 Å². The Bertz CT molecular complexity index is 345. The van der Waals surface area contributed by atoms with Gasteiger partial charge in [0.25, 0.3) is 0 Å². The van der Waals surface area contributed by atoms with E-state index in [1.807, 2.05) is 0 Å². The number of nitrogens with zero attached hydrogens (tertiary/aromatic N) is 1. The number of nitrogens with two attached hydrogens (primary N) is 1. The van der Waals surface area contributed by atoms with Gasteiger partial charge in [0.1, 0.15) is 0 Å². The summed E-state index contributed by atoms with van der Waals surface area (Å²) in [6, 6.07) is 10.7. The Morgan fingerprint density at radius 3 is 2.44 bits per heavy atom. The Balaban J connectivity index is 1.80. The van der Waals surface area contributed by atoms with E-state index in [4.69, 9.17) is 5.73 Å². The molecule has 2 unspecified atom stereocenters. The molecule has 1 aliphatic heterocycles. The number of benzene rings is 1. The van der Waals surface area contributed by atoms with E-state index >= 15 is 0 Å². The quantitative estimate of drug-likeness (QED) is 0.851. The molecule has 2 atom stereocenters. The minimum Gasteiger partial charge on any atom is -0.390 e. The van der Waals surface area contributed by atoms with Gasteiger partial charge in [-0.05, 0) is 50.8 Å². The van der Waals surface area contributed by atoms with E-state index in [1.165, 1.54) is 24.8 Å². The van der Waals surface area contributed by atoms with E-state index < -0.39 is 6.10 Å². The van der Waals surface area contributed by atoms with Crippen LogP contribution in [0, 0.1) is 5.92 Å². The molecule has 3 nitrogen and oxygen atoms in total. The number of rotatable bonds is 4. The maximum absolute atomic E-state index is 9.51. The number of aliphatic hydroxyl groups is 1. The molecule has 18 heavy (non-hydrogen) atoms. The van der Waals surface area contributed by atoms with Crippen LogP contribution < -0.4 is 5.73 Å². The highest BCUT2D eigenvalue weighted by Gasteiger charge is 2.25. The van der Waals surface area contributed by atoms with Crippen molar-refractivity contribution in [1.82, 2.24) is 4.90 Å². The maximum atomic E-state index is 9.51. The molecular formula is C15H24N2O. The van der Waals surface area contributed by atoms with Crippen molar-refractivity contribution in [2.75, 3.05) is 13.1 Å². The highest BCUT2D eigenvalue weighted by atomic mass is 16.3. The van der Waals surface area contributed by atoms with Crippen LogP contribution in [0.2, 0.25) is 0 Å². The number of hydrogen-bond donors (Lipinski definition) is 2. The van der Waals surface area contributed by atoms with Crippen LogP contribution in [0.1, 0.15) is 25.3 Å². The topological polar surface area (TPSA) is 49.5 Å². The largest absolute Gasteiger partial charge is 0.390 e. The van der Waals surface area contributed by atoms with Gasteiger partial charge < -0.3 is 10.8 Å². The van der Waals surface area contributed by atoms with Gasteiger partial charge in [-0.25, -0.2) is 0 Å². The molecule has 1 fully saturated rings. The molecule has 2 rings (SSSR count). The average molecular weight is 248 g/mol. The summed E-state index contributed by atoms with van der Waals surface area (Å²) >= 11 is 0. The predicted molar refractivity (Wildman–Crippen MR) is 74.1 cm³/mol. The third-order valence-electron chi connectivity index (χ3n) is 3.93. The summed E-state index contributed by atoms with van der Waals surface area (Å²) in [5.41, 5.74) is 7.39. The summed E-state index contributed by atoms with van der Waals surface area (Å²) in [5, 5.41) is 9.51. The summed E-state index contributed by atoms with van der Waals surface area (Å²) < 4.78 is 0. The van der Waals surface area contributed by atoms with Gasteiger partial charge in [0.15, 0.2) is 0 Å². The molecule has 1 saturated heterocycles. The van der Waals surface area contributed by atoms with E-state index in [2.05, 4.69) is 35.2 Å². The van der Waals surface area contributed by atoms with Crippen molar-refractivity contribution >= 4 is 0 Å². The second kappa shape index (κ2) is 6.32. The van der Waals surface area contributed by atoms with E-state index in [1.54, 1.807) is 6.92 Å². The highest BCUT2D eigenvalue weighted by Crippen LogP contribution is 2.22. The molecule has 3 N–H and O–H groups in total. The van der Waals surface area contributed by atoms with E-state index in [0.29, 0.717) is 0 Å². The SMILES string of the molecule is CC(O)C(N)N1CCC(Cc2ccccc2)CC1. The van der Waals surface area contributed by atoms with E-state index in [9.17, 15) is 5.11 Å². The standard InChI is InChI=1S/C15H24N2O/c1-12(18)15(16)17-9-7-14(8-10-17)11-13-5-3-2-4-6-13/h2-6,12,14-15,18H,7-11,16H2,1H3. The van der Waals surface area contributed by atoms with Crippen molar-refractivity contribution in [1.29, 1.82) is 0 Å². The van der Waals surface area contributed by atoms with Gasteiger partial charge >= 0.3 is 0 Å². The van der Waals surface area contributed by atoms with Gasteiger partial charge in [-0.1, -0.05) is 30.3 Å². The normalized spacial score (nSPS) is 21.7. The predicted octanol–water partition coefficient (Wildman–Crippen LogP) is 1.61. The fourth-order valence-corrected chi connectivity index (χ4v) is 2.71. The monoisotopic (exact) mass is 248 g/mol. The van der Waals surface area contributed by atoms with Crippen LogP contribution in [0.5, 0.6) is 0 Å². The number of piperidine rings is 1.